The number of hydrogen-bond acceptors (Lipinski definition) is 3. The zero-order chi connectivity index (χ0) is 15.2. The number of aryl methyl sites for hydroxylation is 1. The number of nitrogens with one attached hydrogen (secondary N) is 1. The second kappa shape index (κ2) is 8.01. The van der Waals surface area contributed by atoms with Crippen LogP contribution in [0.2, 0.25) is 0 Å². The molecule has 0 aliphatic carbocycles. The van der Waals surface area contributed by atoms with Gasteiger partial charge in [0.25, 0.3) is 0 Å². The number of benzene rings is 1. The molecule has 2 rings (SSSR count). The van der Waals surface area contributed by atoms with Crippen LogP contribution in [0.4, 0.5) is 0 Å². The standard InChI is InChI=1S/C16H19Br2NO2/c1-11(5-6-14-4-3-7-21-14)19-10-12-8-13(17)9-15(18)16(12)20-2/h3-4,7-9,11,19H,5-6,10H2,1-2H3. The van der Waals surface area contributed by atoms with Crippen LogP contribution >= 0.6 is 31.9 Å². The molecule has 114 valence electrons. The molecule has 5 heteroatoms. The highest BCUT2D eigenvalue weighted by molar-refractivity contribution is 9.11. The predicted octanol–water partition coefficient (Wildman–Crippen LogP) is 4.92. The molecule has 1 atom stereocenters. The Morgan fingerprint density at radius 2 is 2.14 bits per heavy atom. The summed E-state index contributed by atoms with van der Waals surface area (Å²) in [6, 6.07) is 8.41. The summed E-state index contributed by atoms with van der Waals surface area (Å²) in [5.41, 5.74) is 1.13. The van der Waals surface area contributed by atoms with E-state index in [0.717, 1.165) is 45.4 Å². The van der Waals surface area contributed by atoms with Crippen molar-refractivity contribution in [3.8, 4) is 5.75 Å². The number of halogens is 2. The molecule has 1 aromatic carbocycles. The van der Waals surface area contributed by atoms with Gasteiger partial charge in [0.05, 0.1) is 17.8 Å². The van der Waals surface area contributed by atoms with Crippen LogP contribution in [0.25, 0.3) is 0 Å². The van der Waals surface area contributed by atoms with E-state index in [1.54, 1.807) is 13.4 Å². The molecule has 21 heavy (non-hydrogen) atoms. The molecule has 1 aromatic heterocycles. The number of furan rings is 1. The van der Waals surface area contributed by atoms with Crippen LogP contribution in [0.3, 0.4) is 0 Å². The van der Waals surface area contributed by atoms with E-state index in [2.05, 4.69) is 50.2 Å². The maximum absolute atomic E-state index is 5.46. The van der Waals surface area contributed by atoms with Gasteiger partial charge in [0, 0.05) is 29.0 Å². The Morgan fingerprint density at radius 3 is 2.81 bits per heavy atom. The molecule has 1 N–H and O–H groups in total. The highest BCUT2D eigenvalue weighted by atomic mass is 79.9. The minimum atomic E-state index is 0.401. The molecule has 0 saturated heterocycles. The van der Waals surface area contributed by atoms with Gasteiger partial charge in [-0.2, -0.15) is 0 Å². The molecular formula is C16H19Br2NO2. The summed E-state index contributed by atoms with van der Waals surface area (Å²) in [7, 11) is 1.69. The third-order valence-electron chi connectivity index (χ3n) is 3.33. The first-order chi connectivity index (χ1) is 10.1. The second-order valence-electron chi connectivity index (χ2n) is 4.98. The smallest absolute Gasteiger partial charge is 0.137 e. The van der Waals surface area contributed by atoms with Crippen LogP contribution in [-0.2, 0) is 13.0 Å². The van der Waals surface area contributed by atoms with E-state index in [9.17, 15) is 0 Å². The molecule has 0 amide bonds. The Hall–Kier alpha value is -0.780. The van der Waals surface area contributed by atoms with Crippen LogP contribution in [0.1, 0.15) is 24.7 Å². The van der Waals surface area contributed by atoms with Gasteiger partial charge in [-0.1, -0.05) is 15.9 Å². The number of rotatable bonds is 7. The SMILES string of the molecule is COc1c(Br)cc(Br)cc1CNC(C)CCc1ccco1. The molecular weight excluding hydrogens is 398 g/mol. The van der Waals surface area contributed by atoms with E-state index in [0.29, 0.717) is 6.04 Å². The Balaban J connectivity index is 1.90. The minimum Gasteiger partial charge on any atom is -0.495 e. The normalized spacial score (nSPS) is 12.4. The van der Waals surface area contributed by atoms with Crippen LogP contribution in [0, 0.1) is 0 Å². The third-order valence-corrected chi connectivity index (χ3v) is 4.38. The lowest BCUT2D eigenvalue weighted by Crippen LogP contribution is -2.26. The van der Waals surface area contributed by atoms with E-state index in [1.807, 2.05) is 18.2 Å². The Labute approximate surface area is 142 Å². The van der Waals surface area contributed by atoms with Gasteiger partial charge in [0.15, 0.2) is 0 Å². The maximum atomic E-state index is 5.46. The fourth-order valence-corrected chi connectivity index (χ4v) is 3.65. The number of methoxy groups -OCH3 is 1. The summed E-state index contributed by atoms with van der Waals surface area (Å²) in [5, 5.41) is 3.53. The lowest BCUT2D eigenvalue weighted by Gasteiger charge is -2.16. The van der Waals surface area contributed by atoms with Crippen molar-refractivity contribution in [2.75, 3.05) is 7.11 Å². The molecule has 0 saturated carbocycles. The Bertz CT molecular complexity index is 570. The molecule has 0 aliphatic heterocycles. The van der Waals surface area contributed by atoms with Crippen LogP contribution in [0.5, 0.6) is 5.75 Å². The minimum absolute atomic E-state index is 0.401. The van der Waals surface area contributed by atoms with Crippen LogP contribution in [0.15, 0.2) is 43.9 Å². The molecule has 3 nitrogen and oxygen atoms in total. The fourth-order valence-electron chi connectivity index (χ4n) is 2.17. The lowest BCUT2D eigenvalue weighted by atomic mass is 10.1. The van der Waals surface area contributed by atoms with Crippen molar-refractivity contribution in [1.82, 2.24) is 5.32 Å². The van der Waals surface area contributed by atoms with Crippen molar-refractivity contribution in [1.29, 1.82) is 0 Å². The molecule has 0 spiro atoms. The van der Waals surface area contributed by atoms with Gasteiger partial charge in [-0.25, -0.2) is 0 Å². The van der Waals surface area contributed by atoms with Gasteiger partial charge in [-0.15, -0.1) is 0 Å². The summed E-state index contributed by atoms with van der Waals surface area (Å²) in [5.74, 6) is 1.91. The average molecular weight is 417 g/mol. The van der Waals surface area contributed by atoms with E-state index in [4.69, 9.17) is 9.15 Å². The number of ether oxygens (including phenoxy) is 1. The summed E-state index contributed by atoms with van der Waals surface area (Å²) in [6.07, 6.45) is 3.70. The van der Waals surface area contributed by atoms with E-state index >= 15 is 0 Å². The van der Waals surface area contributed by atoms with Gasteiger partial charge in [0.1, 0.15) is 11.5 Å². The quantitative estimate of drug-likeness (QED) is 0.695. The van der Waals surface area contributed by atoms with Crippen LogP contribution in [-0.4, -0.2) is 13.2 Å². The largest absolute Gasteiger partial charge is 0.495 e. The molecule has 1 unspecified atom stereocenters. The first-order valence-electron chi connectivity index (χ1n) is 6.88. The number of hydrogen-bond donors (Lipinski definition) is 1. The summed E-state index contributed by atoms with van der Waals surface area (Å²) in [4.78, 5) is 0. The predicted molar refractivity (Wildman–Crippen MR) is 91.7 cm³/mol. The van der Waals surface area contributed by atoms with Crippen molar-refractivity contribution in [2.45, 2.75) is 32.4 Å². The molecule has 2 aromatic rings. The molecule has 0 bridgehead atoms. The van der Waals surface area contributed by atoms with E-state index < -0.39 is 0 Å². The van der Waals surface area contributed by atoms with Gasteiger partial charge in [0.2, 0.25) is 0 Å². The highest BCUT2D eigenvalue weighted by Gasteiger charge is 2.11. The average Bonchev–Trinajstić information content (AvgIpc) is 2.95. The monoisotopic (exact) mass is 415 g/mol. The van der Waals surface area contributed by atoms with Crippen LogP contribution < -0.4 is 10.1 Å². The molecule has 1 heterocycles. The van der Waals surface area contributed by atoms with Crippen molar-refractivity contribution < 1.29 is 9.15 Å². The van der Waals surface area contributed by atoms with E-state index in [-0.39, 0.29) is 0 Å². The van der Waals surface area contributed by atoms with Gasteiger partial charge >= 0.3 is 0 Å². The highest BCUT2D eigenvalue weighted by Crippen LogP contribution is 2.32. The first kappa shape index (κ1) is 16.6. The lowest BCUT2D eigenvalue weighted by molar-refractivity contribution is 0.401. The topological polar surface area (TPSA) is 34.4 Å². The molecule has 0 radical (unpaired) electrons. The molecule has 0 fully saturated rings. The molecule has 0 aliphatic rings. The maximum Gasteiger partial charge on any atom is 0.137 e. The van der Waals surface area contributed by atoms with Crippen molar-refractivity contribution >= 4 is 31.9 Å². The van der Waals surface area contributed by atoms with Gasteiger partial charge in [-0.3, -0.25) is 0 Å². The van der Waals surface area contributed by atoms with Gasteiger partial charge < -0.3 is 14.5 Å². The van der Waals surface area contributed by atoms with Crippen molar-refractivity contribution in [3.63, 3.8) is 0 Å². The van der Waals surface area contributed by atoms with Crippen molar-refractivity contribution in [3.05, 3.63) is 50.8 Å². The Morgan fingerprint density at radius 1 is 1.33 bits per heavy atom. The first-order valence-corrected chi connectivity index (χ1v) is 8.46. The third kappa shape index (κ3) is 4.87. The summed E-state index contributed by atoms with van der Waals surface area (Å²) in [6.45, 7) is 2.95. The van der Waals surface area contributed by atoms with Gasteiger partial charge in [-0.05, 0) is 53.5 Å². The summed E-state index contributed by atoms with van der Waals surface area (Å²) >= 11 is 7.04. The van der Waals surface area contributed by atoms with Crippen molar-refractivity contribution in [2.24, 2.45) is 0 Å². The Kier molecular flexibility index (Phi) is 6.33. The van der Waals surface area contributed by atoms with E-state index in [1.165, 1.54) is 0 Å². The summed E-state index contributed by atoms with van der Waals surface area (Å²) < 4.78 is 12.8. The zero-order valence-electron chi connectivity index (χ0n) is 12.2. The zero-order valence-corrected chi connectivity index (χ0v) is 15.3. The second-order valence-corrected chi connectivity index (χ2v) is 6.75. The fraction of sp³-hybridized carbons (Fsp3) is 0.375.